The fraction of sp³-hybridized carbons (Fsp3) is 0. The van der Waals surface area contributed by atoms with Gasteiger partial charge in [-0.3, -0.25) is 0 Å². The monoisotopic (exact) mass is 906 g/mol. The van der Waals surface area contributed by atoms with E-state index in [-0.39, 0.29) is 0 Å². The molecule has 0 N–H and O–H groups in total. The first-order valence-corrected chi connectivity index (χ1v) is 24.2. The first kappa shape index (κ1) is 41.7. The number of nitrogens with zero attached hydrogens (tertiary/aromatic N) is 2. The van der Waals surface area contributed by atoms with Gasteiger partial charge in [0.15, 0.2) is 11.2 Å². The van der Waals surface area contributed by atoms with Crippen LogP contribution in [0, 0.1) is 0 Å². The molecule has 13 rings (SSSR count). The molecule has 71 heavy (non-hydrogen) atoms. The lowest BCUT2D eigenvalue weighted by molar-refractivity contribution is 0.664. The second-order valence-electron chi connectivity index (χ2n) is 18.0. The Bertz CT molecular complexity index is 3720. The van der Waals surface area contributed by atoms with Crippen LogP contribution in [0.4, 0.5) is 34.1 Å². The predicted molar refractivity (Wildman–Crippen MR) is 300 cm³/mol. The first-order chi connectivity index (χ1) is 35.2. The Morgan fingerprint density at radius 2 is 0.507 bits per heavy atom. The molecule has 12 aromatic carbocycles. The lowest BCUT2D eigenvalue weighted by atomic mass is 9.91. The quantitative estimate of drug-likeness (QED) is 0.136. The van der Waals surface area contributed by atoms with Crippen molar-refractivity contribution in [3.8, 4) is 44.5 Å². The van der Waals surface area contributed by atoms with Gasteiger partial charge in [-0.25, -0.2) is 0 Å². The smallest absolute Gasteiger partial charge is 0.160 e. The van der Waals surface area contributed by atoms with E-state index in [0.717, 1.165) is 111 Å². The van der Waals surface area contributed by atoms with E-state index in [1.807, 2.05) is 0 Å². The summed E-state index contributed by atoms with van der Waals surface area (Å²) in [6.07, 6.45) is 0. The van der Waals surface area contributed by atoms with Gasteiger partial charge in [-0.15, -0.1) is 0 Å². The average Bonchev–Trinajstić information content (AvgIpc) is 3.60. The van der Waals surface area contributed by atoms with Gasteiger partial charge in [0.1, 0.15) is 0 Å². The molecule has 3 heteroatoms. The van der Waals surface area contributed by atoms with Crippen molar-refractivity contribution in [3.05, 3.63) is 279 Å². The van der Waals surface area contributed by atoms with Crippen molar-refractivity contribution in [3.63, 3.8) is 0 Å². The van der Waals surface area contributed by atoms with Crippen molar-refractivity contribution in [1.82, 2.24) is 0 Å². The molecule has 0 aliphatic rings. The van der Waals surface area contributed by atoms with Gasteiger partial charge < -0.3 is 14.2 Å². The lowest BCUT2D eigenvalue weighted by Crippen LogP contribution is -2.11. The van der Waals surface area contributed by atoms with E-state index in [1.54, 1.807) is 0 Å². The van der Waals surface area contributed by atoms with Crippen LogP contribution in [0.3, 0.4) is 0 Å². The maximum absolute atomic E-state index is 8.04. The van der Waals surface area contributed by atoms with E-state index in [2.05, 4.69) is 289 Å². The van der Waals surface area contributed by atoms with Crippen molar-refractivity contribution >= 4 is 77.6 Å². The summed E-state index contributed by atoms with van der Waals surface area (Å²) < 4.78 is 8.04. The van der Waals surface area contributed by atoms with Crippen LogP contribution in [0.15, 0.2) is 283 Å². The summed E-state index contributed by atoms with van der Waals surface area (Å²) in [5, 5.41) is 6.57. The number of rotatable bonds is 10. The van der Waals surface area contributed by atoms with Crippen molar-refractivity contribution < 1.29 is 4.42 Å². The van der Waals surface area contributed by atoms with Gasteiger partial charge in [-0.2, -0.15) is 0 Å². The summed E-state index contributed by atoms with van der Waals surface area (Å²) in [5.74, 6) is 0. The molecule has 1 aromatic heterocycles. The molecule has 0 bridgehead atoms. The molecule has 0 spiro atoms. The van der Waals surface area contributed by atoms with Gasteiger partial charge in [0.2, 0.25) is 0 Å². The number of benzene rings is 12. The van der Waals surface area contributed by atoms with Gasteiger partial charge in [-0.05, 0) is 127 Å². The van der Waals surface area contributed by atoms with E-state index < -0.39 is 0 Å². The molecule has 0 aliphatic carbocycles. The Morgan fingerprint density at radius 1 is 0.225 bits per heavy atom. The number of para-hydroxylation sites is 2. The van der Waals surface area contributed by atoms with Crippen molar-refractivity contribution in [2.75, 3.05) is 9.80 Å². The molecule has 1 heterocycles. The van der Waals surface area contributed by atoms with Crippen LogP contribution in [0.25, 0.3) is 88.0 Å². The number of anilines is 6. The molecule has 0 saturated carbocycles. The second kappa shape index (κ2) is 17.9. The zero-order valence-corrected chi connectivity index (χ0v) is 38.9. The summed E-state index contributed by atoms with van der Waals surface area (Å²) in [6, 6.07) is 100. The zero-order valence-electron chi connectivity index (χ0n) is 38.9. The highest BCUT2D eigenvalue weighted by Gasteiger charge is 2.27. The van der Waals surface area contributed by atoms with Crippen LogP contribution in [0.5, 0.6) is 0 Å². The summed E-state index contributed by atoms with van der Waals surface area (Å²) in [7, 11) is 0. The molecule has 0 amide bonds. The molecule has 0 saturated heterocycles. The average molecular weight is 907 g/mol. The zero-order chi connectivity index (χ0) is 47.1. The summed E-state index contributed by atoms with van der Waals surface area (Å²) >= 11 is 0. The highest BCUT2D eigenvalue weighted by Crippen LogP contribution is 2.52. The second-order valence-corrected chi connectivity index (χ2v) is 18.0. The molecule has 0 aliphatic heterocycles. The van der Waals surface area contributed by atoms with Crippen LogP contribution >= 0.6 is 0 Å². The number of fused-ring (bicyclic) bond motifs is 1. The standard InChI is InChI=1S/C68H46N2O/c1-7-21-47(22-8-1)49-37-41-55(42-38-49)69(53-29-15-5-16-30-53)63-45-61(51-25-11-3-12-26-51)59-35-19-33-57-58-34-20-36-60-62(52-27-13-4-14-28-52)46-64(68(66(58)60)71-67(63)65(57)59)70(54-31-17-6-18-32-54)56-43-39-50(40-44-56)48-23-9-2-10-24-48/h1-46H. The minimum Gasteiger partial charge on any atom is -0.452 e. The molecule has 13 aromatic rings. The van der Waals surface area contributed by atoms with E-state index >= 15 is 0 Å². The fourth-order valence-corrected chi connectivity index (χ4v) is 10.5. The first-order valence-electron chi connectivity index (χ1n) is 24.2. The molecule has 334 valence electrons. The Balaban J connectivity index is 1.19. The van der Waals surface area contributed by atoms with Crippen LogP contribution in [0.2, 0.25) is 0 Å². The van der Waals surface area contributed by atoms with Crippen LogP contribution < -0.4 is 9.80 Å². The van der Waals surface area contributed by atoms with E-state index in [4.69, 9.17) is 4.42 Å². The molecule has 3 nitrogen and oxygen atoms in total. The minimum atomic E-state index is 0.782. The predicted octanol–water partition coefficient (Wildman–Crippen LogP) is 19.5. The summed E-state index contributed by atoms with van der Waals surface area (Å²) in [6.45, 7) is 0. The third-order valence-corrected chi connectivity index (χ3v) is 13.8. The SMILES string of the molecule is c1ccc(-c2ccc(N(c3ccccc3)c3cc(-c4ccccc4)c4cccc5c6cccc7c(-c8ccccc8)cc(N(c8ccccc8)c8ccc(-c9ccccc9)cc8)c(oc3c45)c76)cc2)cc1. The fourth-order valence-electron chi connectivity index (χ4n) is 10.5. The van der Waals surface area contributed by atoms with Crippen molar-refractivity contribution in [2.45, 2.75) is 0 Å². The molecular formula is C68H46N2O. The topological polar surface area (TPSA) is 19.6 Å². The minimum absolute atomic E-state index is 0.782. The largest absolute Gasteiger partial charge is 0.452 e. The highest BCUT2D eigenvalue weighted by atomic mass is 16.3. The summed E-state index contributed by atoms with van der Waals surface area (Å²) in [5.41, 5.74) is 16.7. The van der Waals surface area contributed by atoms with Gasteiger partial charge in [0.05, 0.1) is 11.4 Å². The normalized spacial score (nSPS) is 11.4. The molecule has 0 atom stereocenters. The molecule has 0 radical (unpaired) electrons. The van der Waals surface area contributed by atoms with Crippen LogP contribution in [-0.2, 0) is 0 Å². The van der Waals surface area contributed by atoms with Crippen molar-refractivity contribution in [2.24, 2.45) is 0 Å². The highest BCUT2D eigenvalue weighted by molar-refractivity contribution is 6.29. The van der Waals surface area contributed by atoms with E-state index in [0.29, 0.717) is 0 Å². The Kier molecular flexibility index (Phi) is 10.5. The molecule has 0 unspecified atom stereocenters. The van der Waals surface area contributed by atoms with Crippen molar-refractivity contribution in [1.29, 1.82) is 0 Å². The number of hydrogen-bond acceptors (Lipinski definition) is 3. The molecule has 0 fully saturated rings. The van der Waals surface area contributed by atoms with E-state index in [9.17, 15) is 0 Å². The Morgan fingerprint density at radius 3 is 0.859 bits per heavy atom. The number of hydrogen-bond donors (Lipinski definition) is 0. The van der Waals surface area contributed by atoms with E-state index in [1.165, 1.54) is 11.1 Å². The summed E-state index contributed by atoms with van der Waals surface area (Å²) in [4.78, 5) is 4.74. The maximum Gasteiger partial charge on any atom is 0.160 e. The third kappa shape index (κ3) is 7.49. The van der Waals surface area contributed by atoms with Crippen LogP contribution in [-0.4, -0.2) is 0 Å². The Labute approximate surface area is 413 Å². The van der Waals surface area contributed by atoms with Gasteiger partial charge in [0, 0.05) is 33.5 Å². The molecular weight excluding hydrogens is 861 g/mol. The Hall–Kier alpha value is -9.44. The van der Waals surface area contributed by atoms with Gasteiger partial charge in [-0.1, -0.05) is 218 Å². The van der Waals surface area contributed by atoms with Gasteiger partial charge in [0.25, 0.3) is 0 Å². The van der Waals surface area contributed by atoms with Gasteiger partial charge >= 0.3 is 0 Å². The lowest BCUT2D eigenvalue weighted by Gasteiger charge is -2.28. The third-order valence-electron chi connectivity index (χ3n) is 13.8. The van der Waals surface area contributed by atoms with Crippen LogP contribution in [0.1, 0.15) is 0 Å². The maximum atomic E-state index is 8.04.